The molecule has 0 radical (unpaired) electrons. The second-order valence-corrected chi connectivity index (χ2v) is 4.23. The number of para-hydroxylation sites is 1. The molecule has 19 heavy (non-hydrogen) atoms. The number of methoxy groups -OCH3 is 2. The van der Waals surface area contributed by atoms with Crippen LogP contribution in [-0.2, 0) is 0 Å². The first-order valence-corrected chi connectivity index (χ1v) is 6.00. The van der Waals surface area contributed by atoms with Gasteiger partial charge in [-0.1, -0.05) is 12.1 Å². The molecule has 0 heterocycles. The molecule has 4 heteroatoms. The fourth-order valence-electron chi connectivity index (χ4n) is 1.92. The van der Waals surface area contributed by atoms with Gasteiger partial charge in [0.1, 0.15) is 0 Å². The molecule has 0 aliphatic carbocycles. The number of rotatable bonds is 4. The summed E-state index contributed by atoms with van der Waals surface area (Å²) in [6.45, 7) is 2.01. The van der Waals surface area contributed by atoms with Gasteiger partial charge >= 0.3 is 0 Å². The molecule has 0 bridgehead atoms. The SMILES string of the molecule is COc1ccc(Nc2c(C)cccc2N)cc1OC. The van der Waals surface area contributed by atoms with E-state index in [1.54, 1.807) is 14.2 Å². The molecule has 2 aromatic rings. The third kappa shape index (κ3) is 2.73. The number of anilines is 3. The van der Waals surface area contributed by atoms with Gasteiger partial charge in [-0.15, -0.1) is 0 Å². The number of nitrogens with one attached hydrogen (secondary N) is 1. The van der Waals surface area contributed by atoms with Crippen LogP contribution in [0.1, 0.15) is 5.56 Å². The van der Waals surface area contributed by atoms with E-state index in [1.165, 1.54) is 0 Å². The Morgan fingerprint density at radius 2 is 1.74 bits per heavy atom. The fourth-order valence-corrected chi connectivity index (χ4v) is 1.92. The van der Waals surface area contributed by atoms with E-state index in [2.05, 4.69) is 5.32 Å². The molecule has 0 aliphatic rings. The monoisotopic (exact) mass is 258 g/mol. The van der Waals surface area contributed by atoms with Crippen molar-refractivity contribution in [2.24, 2.45) is 0 Å². The van der Waals surface area contributed by atoms with E-state index in [0.717, 1.165) is 22.6 Å². The number of hydrogen-bond donors (Lipinski definition) is 2. The number of nitrogen functional groups attached to an aromatic ring is 1. The van der Waals surface area contributed by atoms with E-state index >= 15 is 0 Å². The molecule has 0 fully saturated rings. The van der Waals surface area contributed by atoms with E-state index in [4.69, 9.17) is 15.2 Å². The lowest BCUT2D eigenvalue weighted by Crippen LogP contribution is -1.99. The molecule has 4 nitrogen and oxygen atoms in total. The van der Waals surface area contributed by atoms with E-state index in [0.29, 0.717) is 11.5 Å². The molecule has 2 aromatic carbocycles. The summed E-state index contributed by atoms with van der Waals surface area (Å²) in [5.41, 5.74) is 9.60. The van der Waals surface area contributed by atoms with Crippen molar-refractivity contribution < 1.29 is 9.47 Å². The largest absolute Gasteiger partial charge is 0.493 e. The van der Waals surface area contributed by atoms with E-state index in [1.807, 2.05) is 43.3 Å². The zero-order valence-corrected chi connectivity index (χ0v) is 11.4. The Balaban J connectivity index is 2.33. The van der Waals surface area contributed by atoms with Gasteiger partial charge in [0.15, 0.2) is 11.5 Å². The average Bonchev–Trinajstić information content (AvgIpc) is 2.42. The Bertz CT molecular complexity index is 562. The molecule has 0 saturated heterocycles. The molecule has 0 unspecified atom stereocenters. The number of benzene rings is 2. The Hall–Kier alpha value is -2.36. The van der Waals surface area contributed by atoms with Crippen molar-refractivity contribution in [1.82, 2.24) is 0 Å². The molecule has 0 atom stereocenters. The van der Waals surface area contributed by atoms with Gasteiger partial charge in [-0.05, 0) is 30.7 Å². The predicted octanol–water partition coefficient (Wildman–Crippen LogP) is 3.34. The van der Waals surface area contributed by atoms with Crippen molar-refractivity contribution >= 4 is 17.1 Å². The second kappa shape index (κ2) is 5.52. The topological polar surface area (TPSA) is 56.5 Å². The third-order valence-corrected chi connectivity index (χ3v) is 2.96. The van der Waals surface area contributed by atoms with Crippen LogP contribution in [0.5, 0.6) is 11.5 Å². The first kappa shape index (κ1) is 13.1. The Labute approximate surface area is 113 Å². The average molecular weight is 258 g/mol. The van der Waals surface area contributed by atoms with Crippen LogP contribution in [0.25, 0.3) is 0 Å². The van der Waals surface area contributed by atoms with Crippen molar-refractivity contribution in [2.75, 3.05) is 25.3 Å². The molecule has 0 aliphatic heterocycles. The van der Waals surface area contributed by atoms with Crippen LogP contribution in [0.2, 0.25) is 0 Å². The van der Waals surface area contributed by atoms with Gasteiger partial charge in [0.25, 0.3) is 0 Å². The summed E-state index contributed by atoms with van der Waals surface area (Å²) in [4.78, 5) is 0. The molecular weight excluding hydrogens is 240 g/mol. The second-order valence-electron chi connectivity index (χ2n) is 4.23. The van der Waals surface area contributed by atoms with Crippen LogP contribution in [-0.4, -0.2) is 14.2 Å². The normalized spacial score (nSPS) is 10.1. The van der Waals surface area contributed by atoms with E-state index < -0.39 is 0 Å². The highest BCUT2D eigenvalue weighted by atomic mass is 16.5. The molecule has 2 rings (SSSR count). The van der Waals surface area contributed by atoms with Gasteiger partial charge in [0.2, 0.25) is 0 Å². The first-order valence-electron chi connectivity index (χ1n) is 6.00. The maximum absolute atomic E-state index is 5.98. The summed E-state index contributed by atoms with van der Waals surface area (Å²) < 4.78 is 10.5. The molecule has 0 aromatic heterocycles. The zero-order chi connectivity index (χ0) is 13.8. The molecular formula is C15H18N2O2. The minimum absolute atomic E-state index is 0.680. The summed E-state index contributed by atoms with van der Waals surface area (Å²) >= 11 is 0. The lowest BCUT2D eigenvalue weighted by molar-refractivity contribution is 0.355. The van der Waals surface area contributed by atoms with Crippen LogP contribution < -0.4 is 20.5 Å². The van der Waals surface area contributed by atoms with Gasteiger partial charge in [-0.2, -0.15) is 0 Å². The smallest absolute Gasteiger partial charge is 0.162 e. The predicted molar refractivity (Wildman–Crippen MR) is 78.4 cm³/mol. The summed E-state index contributed by atoms with van der Waals surface area (Å²) in [5.74, 6) is 1.38. The lowest BCUT2D eigenvalue weighted by atomic mass is 10.1. The summed E-state index contributed by atoms with van der Waals surface area (Å²) in [7, 11) is 3.23. The molecule has 0 saturated carbocycles. The number of nitrogens with two attached hydrogens (primary N) is 1. The minimum atomic E-state index is 0.680. The van der Waals surface area contributed by atoms with E-state index in [9.17, 15) is 0 Å². The highest BCUT2D eigenvalue weighted by Crippen LogP contribution is 2.33. The Morgan fingerprint density at radius 1 is 1.00 bits per heavy atom. The van der Waals surface area contributed by atoms with Crippen LogP contribution >= 0.6 is 0 Å². The minimum Gasteiger partial charge on any atom is -0.493 e. The summed E-state index contributed by atoms with van der Waals surface area (Å²) in [5, 5.41) is 3.31. The number of hydrogen-bond acceptors (Lipinski definition) is 4. The van der Waals surface area contributed by atoms with Gasteiger partial charge in [0, 0.05) is 11.8 Å². The van der Waals surface area contributed by atoms with Crippen LogP contribution in [0.3, 0.4) is 0 Å². The quantitative estimate of drug-likeness (QED) is 0.826. The molecule has 3 N–H and O–H groups in total. The van der Waals surface area contributed by atoms with Gasteiger partial charge in [-0.25, -0.2) is 0 Å². The fraction of sp³-hybridized carbons (Fsp3) is 0.200. The standard InChI is InChI=1S/C15H18N2O2/c1-10-5-4-6-12(16)15(10)17-11-7-8-13(18-2)14(9-11)19-3/h4-9,17H,16H2,1-3H3. The van der Waals surface area contributed by atoms with Crippen LogP contribution in [0, 0.1) is 6.92 Å². The first-order chi connectivity index (χ1) is 9.15. The molecule has 100 valence electrons. The van der Waals surface area contributed by atoms with Crippen LogP contribution in [0.4, 0.5) is 17.1 Å². The molecule has 0 spiro atoms. The summed E-state index contributed by atoms with van der Waals surface area (Å²) in [6, 6.07) is 11.5. The van der Waals surface area contributed by atoms with Gasteiger partial charge in [-0.3, -0.25) is 0 Å². The Morgan fingerprint density at radius 3 is 2.37 bits per heavy atom. The van der Waals surface area contributed by atoms with Crippen molar-refractivity contribution in [1.29, 1.82) is 0 Å². The van der Waals surface area contributed by atoms with Crippen molar-refractivity contribution in [3.8, 4) is 11.5 Å². The molecule has 0 amide bonds. The highest BCUT2D eigenvalue weighted by molar-refractivity contribution is 5.76. The maximum Gasteiger partial charge on any atom is 0.162 e. The Kier molecular flexibility index (Phi) is 3.80. The van der Waals surface area contributed by atoms with Gasteiger partial charge in [0.05, 0.1) is 25.6 Å². The van der Waals surface area contributed by atoms with Gasteiger partial charge < -0.3 is 20.5 Å². The lowest BCUT2D eigenvalue weighted by Gasteiger charge is -2.14. The van der Waals surface area contributed by atoms with Crippen molar-refractivity contribution in [2.45, 2.75) is 6.92 Å². The highest BCUT2D eigenvalue weighted by Gasteiger charge is 2.07. The van der Waals surface area contributed by atoms with E-state index in [-0.39, 0.29) is 0 Å². The summed E-state index contributed by atoms with van der Waals surface area (Å²) in [6.07, 6.45) is 0. The maximum atomic E-state index is 5.98. The van der Waals surface area contributed by atoms with Crippen molar-refractivity contribution in [3.05, 3.63) is 42.0 Å². The number of ether oxygens (including phenoxy) is 2. The van der Waals surface area contributed by atoms with Crippen LogP contribution in [0.15, 0.2) is 36.4 Å². The number of aryl methyl sites for hydroxylation is 1. The third-order valence-electron chi connectivity index (χ3n) is 2.96. The zero-order valence-electron chi connectivity index (χ0n) is 11.4. The van der Waals surface area contributed by atoms with Crippen molar-refractivity contribution in [3.63, 3.8) is 0 Å².